The quantitative estimate of drug-likeness (QED) is 0.594. The molecule has 1 aromatic carbocycles. The molecule has 1 aliphatic heterocycles. The molecule has 0 radical (unpaired) electrons. The van der Waals surface area contributed by atoms with E-state index >= 15 is 0 Å². The molecule has 1 aliphatic rings. The van der Waals surface area contributed by atoms with Gasteiger partial charge in [-0.3, -0.25) is 9.99 Å². The number of hydrogen-bond acceptors (Lipinski definition) is 5. The van der Waals surface area contributed by atoms with Crippen LogP contribution in [-0.4, -0.2) is 41.1 Å². The van der Waals surface area contributed by atoms with Crippen molar-refractivity contribution < 1.29 is 45.1 Å². The Morgan fingerprint density at radius 2 is 1.79 bits per heavy atom. The van der Waals surface area contributed by atoms with Gasteiger partial charge in [-0.2, -0.15) is 31.2 Å². The Balaban J connectivity index is 2.05. The van der Waals surface area contributed by atoms with Crippen LogP contribution in [0.2, 0.25) is 0 Å². The van der Waals surface area contributed by atoms with Crippen LogP contribution in [0.1, 0.15) is 23.6 Å². The number of amides is 3. The number of rotatable bonds is 5. The van der Waals surface area contributed by atoms with Crippen molar-refractivity contribution in [3.63, 3.8) is 0 Å². The molecule has 0 saturated carbocycles. The number of aromatic nitrogens is 1. The molecule has 1 aromatic heterocycles. The zero-order valence-electron chi connectivity index (χ0n) is 17.4. The minimum absolute atomic E-state index is 0.0244. The summed E-state index contributed by atoms with van der Waals surface area (Å²) in [6, 6.07) is 3.43. The number of carbonyl (C=O) groups is 2. The molecule has 3 rings (SSSR count). The fourth-order valence-electron chi connectivity index (χ4n) is 3.27. The van der Waals surface area contributed by atoms with Crippen molar-refractivity contribution in [2.24, 2.45) is 0 Å². The fraction of sp³-hybridized carbons (Fsp3) is 0.350. The SMILES string of the molecule is CCOC(=O)N1C(=O)N(NCc2cccnc2)Cc2cc(C(F)(C(F)(F)F)C(F)(F)F)ccc21. The Labute approximate surface area is 188 Å². The lowest BCUT2D eigenvalue weighted by Crippen LogP contribution is -2.55. The molecule has 0 saturated heterocycles. The van der Waals surface area contributed by atoms with Crippen LogP contribution in [0.15, 0.2) is 42.7 Å². The van der Waals surface area contributed by atoms with Gasteiger partial charge in [-0.25, -0.2) is 19.4 Å². The van der Waals surface area contributed by atoms with Gasteiger partial charge in [-0.05, 0) is 36.2 Å². The van der Waals surface area contributed by atoms with E-state index < -0.39 is 42.3 Å². The second-order valence-electron chi connectivity index (χ2n) is 7.10. The van der Waals surface area contributed by atoms with Gasteiger partial charge in [0.15, 0.2) is 0 Å². The molecule has 7 nitrogen and oxygen atoms in total. The first-order chi connectivity index (χ1) is 15.8. The van der Waals surface area contributed by atoms with E-state index in [1.807, 2.05) is 0 Å². The molecular weight excluding hydrogens is 477 g/mol. The average molecular weight is 494 g/mol. The molecule has 0 spiro atoms. The third-order valence-corrected chi connectivity index (χ3v) is 4.90. The Hall–Kier alpha value is -3.42. The number of carbonyl (C=O) groups excluding carboxylic acids is 2. The largest absolute Gasteiger partial charge is 0.449 e. The number of ether oxygens (including phenoxy) is 1. The molecular formula is C20H17F7N4O3. The number of alkyl halides is 7. The highest BCUT2D eigenvalue weighted by Crippen LogP contribution is 2.53. The average Bonchev–Trinajstić information content (AvgIpc) is 2.76. The summed E-state index contributed by atoms with van der Waals surface area (Å²) < 4.78 is 98.6. The molecule has 1 N–H and O–H groups in total. The molecule has 0 unspecified atom stereocenters. The standard InChI is InChI=1S/C20H17F7N4O3/c1-2-34-17(33)31-15-6-5-14(18(21,19(22,23)24)20(25,26)27)8-13(15)11-30(16(31)32)29-10-12-4-3-7-28-9-12/h3-9,29H,2,10-11H2,1H3. The summed E-state index contributed by atoms with van der Waals surface area (Å²) in [4.78, 5) is 29.5. The molecule has 0 bridgehead atoms. The van der Waals surface area contributed by atoms with E-state index in [2.05, 4.69) is 10.4 Å². The molecule has 34 heavy (non-hydrogen) atoms. The first-order valence-electron chi connectivity index (χ1n) is 9.67. The molecule has 14 heteroatoms. The molecule has 184 valence electrons. The van der Waals surface area contributed by atoms with E-state index in [1.165, 1.54) is 19.3 Å². The smallest absolute Gasteiger partial charge is 0.435 e. The number of hydrazine groups is 1. The van der Waals surface area contributed by atoms with Gasteiger partial charge < -0.3 is 4.74 Å². The minimum atomic E-state index is -6.32. The van der Waals surface area contributed by atoms with Crippen LogP contribution < -0.4 is 10.3 Å². The summed E-state index contributed by atoms with van der Waals surface area (Å²) in [7, 11) is 0. The van der Waals surface area contributed by atoms with E-state index in [0.29, 0.717) is 22.6 Å². The highest BCUT2D eigenvalue weighted by Gasteiger charge is 2.73. The molecule has 2 aromatic rings. The van der Waals surface area contributed by atoms with Crippen LogP contribution in [0, 0.1) is 0 Å². The summed E-state index contributed by atoms with van der Waals surface area (Å²) in [6.45, 7) is 0.668. The molecule has 0 atom stereocenters. The maximum Gasteiger partial charge on any atom is 0.435 e. The summed E-state index contributed by atoms with van der Waals surface area (Å²) >= 11 is 0. The van der Waals surface area contributed by atoms with E-state index in [9.17, 15) is 40.3 Å². The number of anilines is 1. The predicted octanol–water partition coefficient (Wildman–Crippen LogP) is 4.97. The molecule has 2 heterocycles. The normalized spacial score (nSPS) is 14.8. The van der Waals surface area contributed by atoms with E-state index in [-0.39, 0.29) is 30.5 Å². The number of pyridine rings is 1. The summed E-state index contributed by atoms with van der Waals surface area (Å²) in [5.41, 5.74) is -4.88. The van der Waals surface area contributed by atoms with Crippen LogP contribution in [-0.2, 0) is 23.5 Å². The van der Waals surface area contributed by atoms with Gasteiger partial charge in [-0.1, -0.05) is 12.1 Å². The Morgan fingerprint density at radius 1 is 1.12 bits per heavy atom. The second-order valence-corrected chi connectivity index (χ2v) is 7.10. The monoisotopic (exact) mass is 494 g/mol. The first kappa shape index (κ1) is 25.2. The van der Waals surface area contributed by atoms with Gasteiger partial charge in [0.1, 0.15) is 0 Å². The van der Waals surface area contributed by atoms with Crippen LogP contribution in [0.25, 0.3) is 0 Å². The van der Waals surface area contributed by atoms with Crippen LogP contribution in [0.3, 0.4) is 0 Å². The summed E-state index contributed by atoms with van der Waals surface area (Å²) in [6.07, 6.45) is -10.9. The number of nitrogens with one attached hydrogen (secondary N) is 1. The van der Waals surface area contributed by atoms with E-state index in [1.54, 1.807) is 12.1 Å². The third kappa shape index (κ3) is 4.49. The van der Waals surface area contributed by atoms with Gasteiger partial charge in [0.25, 0.3) is 0 Å². The van der Waals surface area contributed by atoms with Gasteiger partial charge in [0.05, 0.1) is 18.8 Å². The number of nitrogens with zero attached hydrogens (tertiary/aromatic N) is 3. The lowest BCUT2D eigenvalue weighted by Gasteiger charge is -2.36. The zero-order chi connectivity index (χ0) is 25.3. The lowest BCUT2D eigenvalue weighted by molar-refractivity contribution is -0.348. The summed E-state index contributed by atoms with van der Waals surface area (Å²) in [5.74, 6) is 0. The maximum atomic E-state index is 14.6. The Kier molecular flexibility index (Phi) is 6.73. The number of hydrogen-bond donors (Lipinski definition) is 1. The van der Waals surface area contributed by atoms with Crippen LogP contribution in [0.5, 0.6) is 0 Å². The number of urea groups is 1. The van der Waals surface area contributed by atoms with Crippen molar-refractivity contribution in [3.8, 4) is 0 Å². The Bertz CT molecular complexity index is 1050. The van der Waals surface area contributed by atoms with Gasteiger partial charge >= 0.3 is 30.1 Å². The van der Waals surface area contributed by atoms with Crippen molar-refractivity contribution >= 4 is 17.8 Å². The fourth-order valence-corrected chi connectivity index (χ4v) is 3.27. The number of imide groups is 1. The van der Waals surface area contributed by atoms with Crippen molar-refractivity contribution in [2.45, 2.75) is 38.0 Å². The lowest BCUT2D eigenvalue weighted by atomic mass is 9.91. The minimum Gasteiger partial charge on any atom is -0.449 e. The van der Waals surface area contributed by atoms with Crippen LogP contribution in [0.4, 0.5) is 46.0 Å². The number of benzene rings is 1. The first-order valence-corrected chi connectivity index (χ1v) is 9.67. The maximum absolute atomic E-state index is 14.6. The third-order valence-electron chi connectivity index (χ3n) is 4.90. The van der Waals surface area contributed by atoms with Crippen molar-refractivity contribution in [2.75, 3.05) is 11.5 Å². The molecule has 0 aliphatic carbocycles. The van der Waals surface area contributed by atoms with Crippen LogP contribution >= 0.6 is 0 Å². The van der Waals surface area contributed by atoms with Gasteiger partial charge in [0, 0.05) is 24.5 Å². The van der Waals surface area contributed by atoms with Crippen molar-refractivity contribution in [1.29, 1.82) is 0 Å². The zero-order valence-corrected chi connectivity index (χ0v) is 17.4. The van der Waals surface area contributed by atoms with E-state index in [0.717, 1.165) is 5.01 Å². The molecule has 3 amide bonds. The van der Waals surface area contributed by atoms with Crippen molar-refractivity contribution in [1.82, 2.24) is 15.4 Å². The highest BCUT2D eigenvalue weighted by atomic mass is 19.4. The van der Waals surface area contributed by atoms with Crippen molar-refractivity contribution in [3.05, 3.63) is 59.4 Å². The number of halogens is 7. The molecule has 0 fully saturated rings. The second kappa shape index (κ2) is 9.08. The predicted molar refractivity (Wildman–Crippen MR) is 103 cm³/mol. The summed E-state index contributed by atoms with van der Waals surface area (Å²) in [5, 5.41) is 0.789. The topological polar surface area (TPSA) is 74.8 Å². The van der Waals surface area contributed by atoms with E-state index in [4.69, 9.17) is 4.74 Å². The van der Waals surface area contributed by atoms with Gasteiger partial charge in [-0.15, -0.1) is 0 Å². The Morgan fingerprint density at radius 3 is 2.35 bits per heavy atom. The number of fused-ring (bicyclic) bond motifs is 1. The van der Waals surface area contributed by atoms with Gasteiger partial charge in [0.2, 0.25) is 0 Å². The highest BCUT2D eigenvalue weighted by molar-refractivity contribution is 6.13.